The summed E-state index contributed by atoms with van der Waals surface area (Å²) in [4.78, 5) is 16.8. The molecule has 0 amide bonds. The molecule has 0 fully saturated rings. The Bertz CT molecular complexity index is 867. The van der Waals surface area contributed by atoms with Gasteiger partial charge in [0.1, 0.15) is 17.2 Å². The van der Waals surface area contributed by atoms with Crippen molar-refractivity contribution in [1.82, 2.24) is 4.31 Å². The van der Waals surface area contributed by atoms with Crippen LogP contribution in [0.3, 0.4) is 0 Å². The lowest BCUT2D eigenvalue weighted by molar-refractivity contribution is -0.141. The minimum Gasteiger partial charge on any atom is -0.466 e. The highest BCUT2D eigenvalue weighted by Gasteiger charge is 2.34. The summed E-state index contributed by atoms with van der Waals surface area (Å²) < 4.78 is 32.8. The van der Waals surface area contributed by atoms with Crippen LogP contribution in [-0.2, 0) is 19.6 Å². The van der Waals surface area contributed by atoms with Gasteiger partial charge in [0, 0.05) is 6.54 Å². The van der Waals surface area contributed by atoms with Crippen LogP contribution < -0.4 is 0 Å². The Morgan fingerprint density at radius 1 is 0.824 bits per heavy atom. The van der Waals surface area contributed by atoms with E-state index in [9.17, 15) is 13.2 Å². The van der Waals surface area contributed by atoms with Crippen molar-refractivity contribution < 1.29 is 17.9 Å². The van der Waals surface area contributed by atoms with Crippen LogP contribution in [0.25, 0.3) is 0 Å². The van der Waals surface area contributed by atoms with Gasteiger partial charge in [-0.3, -0.25) is 9.10 Å². The van der Waals surface area contributed by atoms with Crippen LogP contribution >= 0.6 is 0 Å². The second kappa shape index (κ2) is 15.9. The molecule has 0 atom stereocenters. The Labute approximate surface area is 207 Å². The quantitative estimate of drug-likeness (QED) is 0.161. The van der Waals surface area contributed by atoms with Crippen LogP contribution in [0.4, 0.5) is 5.69 Å². The van der Waals surface area contributed by atoms with Crippen molar-refractivity contribution >= 4 is 27.5 Å². The molecule has 192 valence electrons. The van der Waals surface area contributed by atoms with Gasteiger partial charge in [0.05, 0.1) is 12.3 Å². The fourth-order valence-corrected chi connectivity index (χ4v) is 6.01. The number of aliphatic imine (C=N–C) groups is 1. The highest BCUT2D eigenvalue weighted by molar-refractivity contribution is 7.90. The highest BCUT2D eigenvalue weighted by Crippen LogP contribution is 2.33. The van der Waals surface area contributed by atoms with Crippen molar-refractivity contribution in [3.05, 3.63) is 24.3 Å². The third-order valence-electron chi connectivity index (χ3n) is 6.29. The minimum atomic E-state index is -3.72. The highest BCUT2D eigenvalue weighted by atomic mass is 32.2. The van der Waals surface area contributed by atoms with E-state index in [1.165, 1.54) is 74.9 Å². The van der Waals surface area contributed by atoms with Gasteiger partial charge in [-0.2, -0.15) is 0 Å². The number of hydrogen-bond donors (Lipinski definition) is 0. The van der Waals surface area contributed by atoms with Gasteiger partial charge in [-0.1, -0.05) is 103 Å². The van der Waals surface area contributed by atoms with Crippen molar-refractivity contribution in [2.24, 2.45) is 4.99 Å². The van der Waals surface area contributed by atoms with E-state index in [0.29, 0.717) is 12.2 Å². The number of para-hydroxylation sites is 1. The molecule has 0 bridgehead atoms. The summed E-state index contributed by atoms with van der Waals surface area (Å²) in [5.74, 6) is -0.200. The normalized spacial score (nSPS) is 14.5. The Morgan fingerprint density at radius 3 is 1.91 bits per heavy atom. The van der Waals surface area contributed by atoms with Crippen molar-refractivity contribution in [2.75, 3.05) is 13.2 Å². The molecule has 0 spiro atoms. The molecule has 7 heteroatoms. The number of sulfonamides is 1. The molecule has 0 N–H and O–H groups in total. The molecule has 1 heterocycles. The second-order valence-electron chi connectivity index (χ2n) is 9.15. The second-order valence-corrected chi connectivity index (χ2v) is 11.0. The van der Waals surface area contributed by atoms with E-state index in [0.717, 1.165) is 19.3 Å². The van der Waals surface area contributed by atoms with E-state index in [2.05, 4.69) is 11.9 Å². The van der Waals surface area contributed by atoms with Crippen LogP contribution in [0, 0.1) is 0 Å². The predicted molar refractivity (Wildman–Crippen MR) is 139 cm³/mol. The maximum atomic E-state index is 13.2. The zero-order valence-corrected chi connectivity index (χ0v) is 22.1. The zero-order valence-electron chi connectivity index (χ0n) is 21.3. The van der Waals surface area contributed by atoms with E-state index in [4.69, 9.17) is 4.74 Å². The van der Waals surface area contributed by atoms with Crippen LogP contribution in [0.2, 0.25) is 0 Å². The first-order valence-corrected chi connectivity index (χ1v) is 14.8. The largest absolute Gasteiger partial charge is 0.466 e. The van der Waals surface area contributed by atoms with Crippen molar-refractivity contribution in [3.63, 3.8) is 0 Å². The first kappa shape index (κ1) is 28.3. The standard InChI is InChI=1S/C27H44N2O4S/c1-3-5-6-7-8-9-10-11-12-13-14-15-16-19-22-29-26(23-27(30)33-4-2)28-24-20-17-18-21-25(24)34(29,31)32/h17-18,20-21H,3-16,19,22-23H2,1-2H3. The number of unbranched alkanes of at least 4 members (excludes halogenated alkanes) is 13. The summed E-state index contributed by atoms with van der Waals surface area (Å²) in [6, 6.07) is 6.70. The maximum Gasteiger partial charge on any atom is 0.313 e. The van der Waals surface area contributed by atoms with Gasteiger partial charge < -0.3 is 4.74 Å². The minimum absolute atomic E-state index is 0.139. The number of carbonyl (C=O) groups excluding carboxylic acids is 1. The van der Waals surface area contributed by atoms with E-state index < -0.39 is 16.0 Å². The van der Waals surface area contributed by atoms with Crippen LogP contribution in [0.15, 0.2) is 34.2 Å². The van der Waals surface area contributed by atoms with E-state index in [1.807, 2.05) is 0 Å². The lowest BCUT2D eigenvalue weighted by Gasteiger charge is -2.29. The third-order valence-corrected chi connectivity index (χ3v) is 8.17. The van der Waals surface area contributed by atoms with Gasteiger partial charge in [-0.05, 0) is 25.5 Å². The number of rotatable bonds is 18. The zero-order chi connectivity index (χ0) is 24.7. The first-order valence-electron chi connectivity index (χ1n) is 13.4. The number of esters is 1. The Hall–Kier alpha value is -1.89. The molecule has 1 aliphatic heterocycles. The van der Waals surface area contributed by atoms with Crippen molar-refractivity contribution in [3.8, 4) is 0 Å². The average Bonchev–Trinajstić information content (AvgIpc) is 2.81. The monoisotopic (exact) mass is 492 g/mol. The molecule has 1 aromatic rings. The van der Waals surface area contributed by atoms with Crippen LogP contribution in [0.1, 0.15) is 110 Å². The maximum absolute atomic E-state index is 13.2. The molecule has 0 saturated heterocycles. The number of benzene rings is 1. The van der Waals surface area contributed by atoms with Crippen molar-refractivity contribution in [1.29, 1.82) is 0 Å². The molecule has 0 radical (unpaired) electrons. The van der Waals surface area contributed by atoms with Gasteiger partial charge in [0.25, 0.3) is 10.0 Å². The molecule has 0 aromatic heterocycles. The van der Waals surface area contributed by atoms with E-state index in [-0.39, 0.29) is 23.8 Å². The molecule has 6 nitrogen and oxygen atoms in total. The number of hydrogen-bond acceptors (Lipinski definition) is 5. The molecule has 2 rings (SSSR count). The van der Waals surface area contributed by atoms with Gasteiger partial charge in [0.2, 0.25) is 0 Å². The predicted octanol–water partition coefficient (Wildman–Crippen LogP) is 7.16. The molecule has 34 heavy (non-hydrogen) atoms. The van der Waals surface area contributed by atoms with Gasteiger partial charge in [0.15, 0.2) is 0 Å². The summed E-state index contributed by atoms with van der Waals surface area (Å²) in [6.07, 6.45) is 17.3. The van der Waals surface area contributed by atoms with Gasteiger partial charge in [-0.25, -0.2) is 13.4 Å². The number of nitrogens with zero attached hydrogens (tertiary/aromatic N) is 2. The first-order chi connectivity index (χ1) is 16.5. The summed E-state index contributed by atoms with van der Waals surface area (Å²) in [7, 11) is -3.72. The smallest absolute Gasteiger partial charge is 0.313 e. The Balaban J connectivity index is 1.71. The molecular formula is C27H44N2O4S. The molecule has 1 aliphatic rings. The number of amidine groups is 1. The average molecular weight is 493 g/mol. The molecule has 0 saturated carbocycles. The van der Waals surface area contributed by atoms with Crippen LogP contribution in [0.5, 0.6) is 0 Å². The molecular weight excluding hydrogens is 448 g/mol. The Kier molecular flexibility index (Phi) is 13.3. The summed E-state index contributed by atoms with van der Waals surface area (Å²) in [5.41, 5.74) is 0.388. The van der Waals surface area contributed by atoms with Gasteiger partial charge in [-0.15, -0.1) is 0 Å². The Morgan fingerprint density at radius 2 is 1.35 bits per heavy atom. The number of ether oxygens (including phenoxy) is 1. The summed E-state index contributed by atoms with van der Waals surface area (Å²) >= 11 is 0. The van der Waals surface area contributed by atoms with E-state index >= 15 is 0 Å². The topological polar surface area (TPSA) is 76.0 Å². The lowest BCUT2D eigenvalue weighted by Crippen LogP contribution is -2.41. The van der Waals surface area contributed by atoms with Crippen molar-refractivity contribution in [2.45, 2.75) is 115 Å². The number of carbonyl (C=O) groups is 1. The SMILES string of the molecule is CCCCCCCCCCCCCCCCN1C(CC(=O)OCC)=Nc2ccccc2S1(=O)=O. The van der Waals surface area contributed by atoms with Gasteiger partial charge >= 0.3 is 5.97 Å². The molecule has 0 aliphatic carbocycles. The lowest BCUT2D eigenvalue weighted by atomic mass is 10.0. The summed E-state index contributed by atoms with van der Waals surface area (Å²) in [6.45, 7) is 4.59. The van der Waals surface area contributed by atoms with E-state index in [1.54, 1.807) is 31.2 Å². The summed E-state index contributed by atoms with van der Waals surface area (Å²) in [5, 5.41) is 0. The fraction of sp³-hybridized carbons (Fsp3) is 0.704. The number of fused-ring (bicyclic) bond motifs is 1. The molecule has 0 unspecified atom stereocenters. The third kappa shape index (κ3) is 9.40. The molecule has 1 aromatic carbocycles. The van der Waals surface area contributed by atoms with Crippen LogP contribution in [-0.4, -0.2) is 37.7 Å². The fourth-order valence-electron chi connectivity index (χ4n) is 4.39.